The second-order valence-corrected chi connectivity index (χ2v) is 5.26. The molecule has 2 atom stereocenters. The number of hydrogen-bond donors (Lipinski definition) is 2. The molecular weight excluding hydrogens is 256 g/mol. The highest BCUT2D eigenvalue weighted by atomic mass is 16.3. The predicted octanol–water partition coefficient (Wildman–Crippen LogP) is 0.845. The summed E-state index contributed by atoms with van der Waals surface area (Å²) in [6.45, 7) is 4.11. The third-order valence-corrected chi connectivity index (χ3v) is 3.53. The molecule has 2 N–H and O–H groups in total. The van der Waals surface area contributed by atoms with Crippen molar-refractivity contribution >= 4 is 17.5 Å². The Hall–Kier alpha value is -1.88. The zero-order valence-electron chi connectivity index (χ0n) is 11.8. The number of nitrogens with zero attached hydrogens (tertiary/aromatic N) is 1. The van der Waals surface area contributed by atoms with Crippen LogP contribution in [-0.4, -0.2) is 36.1 Å². The Morgan fingerprint density at radius 3 is 2.70 bits per heavy atom. The Kier molecular flexibility index (Phi) is 4.39. The molecule has 1 heterocycles. The van der Waals surface area contributed by atoms with Crippen LogP contribution in [0.3, 0.4) is 0 Å². The minimum absolute atomic E-state index is 0.131. The van der Waals surface area contributed by atoms with Gasteiger partial charge in [-0.25, -0.2) is 0 Å². The fourth-order valence-corrected chi connectivity index (χ4v) is 2.29. The van der Waals surface area contributed by atoms with E-state index in [-0.39, 0.29) is 24.5 Å². The Morgan fingerprint density at radius 1 is 1.45 bits per heavy atom. The number of hydrogen-bond acceptors (Lipinski definition) is 3. The van der Waals surface area contributed by atoms with Crippen LogP contribution >= 0.6 is 0 Å². The molecule has 0 spiro atoms. The van der Waals surface area contributed by atoms with Gasteiger partial charge in [0, 0.05) is 18.3 Å². The molecule has 5 heteroatoms. The van der Waals surface area contributed by atoms with E-state index in [1.54, 1.807) is 11.8 Å². The summed E-state index contributed by atoms with van der Waals surface area (Å²) < 4.78 is 0. The number of aliphatic hydroxyl groups excluding tert-OH is 1. The summed E-state index contributed by atoms with van der Waals surface area (Å²) in [6.07, 6.45) is 0.511. The molecule has 2 amide bonds. The number of anilines is 1. The third-order valence-electron chi connectivity index (χ3n) is 3.53. The van der Waals surface area contributed by atoms with Crippen molar-refractivity contribution in [3.8, 4) is 0 Å². The summed E-state index contributed by atoms with van der Waals surface area (Å²) in [5.74, 6) is -1.12. The quantitative estimate of drug-likeness (QED) is 0.801. The van der Waals surface area contributed by atoms with Crippen molar-refractivity contribution in [2.75, 3.05) is 18.1 Å². The standard InChI is InChI=1S/C15H20N2O3/c1-10-3-5-12(6-4-10)17-8-7-13(15(17)20)14(19)16-11(2)9-18/h3-6,11,13,18H,7-9H2,1-2H3,(H,16,19). The highest BCUT2D eigenvalue weighted by molar-refractivity contribution is 6.09. The zero-order chi connectivity index (χ0) is 14.7. The molecule has 1 aromatic rings. The Morgan fingerprint density at radius 2 is 2.10 bits per heavy atom. The van der Waals surface area contributed by atoms with E-state index in [1.165, 1.54) is 0 Å². The van der Waals surface area contributed by atoms with E-state index in [4.69, 9.17) is 5.11 Å². The summed E-state index contributed by atoms with van der Waals surface area (Å²) in [6, 6.07) is 7.35. The lowest BCUT2D eigenvalue weighted by Crippen LogP contribution is -2.42. The topological polar surface area (TPSA) is 69.6 Å². The Bertz CT molecular complexity index is 498. The van der Waals surface area contributed by atoms with Crippen molar-refractivity contribution in [1.29, 1.82) is 0 Å². The van der Waals surface area contributed by atoms with Crippen molar-refractivity contribution < 1.29 is 14.7 Å². The molecular formula is C15H20N2O3. The maximum absolute atomic E-state index is 12.3. The molecule has 2 unspecified atom stereocenters. The normalized spacial score (nSPS) is 20.1. The van der Waals surface area contributed by atoms with Gasteiger partial charge in [0.05, 0.1) is 6.61 Å². The zero-order valence-corrected chi connectivity index (χ0v) is 11.8. The third kappa shape index (κ3) is 2.99. The van der Waals surface area contributed by atoms with Crippen molar-refractivity contribution in [2.45, 2.75) is 26.3 Å². The van der Waals surface area contributed by atoms with Crippen LogP contribution in [0.2, 0.25) is 0 Å². The van der Waals surface area contributed by atoms with Gasteiger partial charge in [-0.2, -0.15) is 0 Å². The van der Waals surface area contributed by atoms with Crippen molar-refractivity contribution in [2.24, 2.45) is 5.92 Å². The number of carbonyl (C=O) groups excluding carboxylic acids is 2. The number of aliphatic hydroxyl groups is 1. The maximum atomic E-state index is 12.3. The van der Waals surface area contributed by atoms with E-state index in [0.717, 1.165) is 11.3 Å². The van der Waals surface area contributed by atoms with Gasteiger partial charge in [0.1, 0.15) is 5.92 Å². The first kappa shape index (κ1) is 14.5. The molecule has 1 fully saturated rings. The molecule has 1 aliphatic rings. The molecule has 0 saturated carbocycles. The molecule has 0 radical (unpaired) electrons. The molecule has 2 rings (SSSR count). The van der Waals surface area contributed by atoms with Crippen LogP contribution in [0.5, 0.6) is 0 Å². The van der Waals surface area contributed by atoms with Crippen LogP contribution in [0.25, 0.3) is 0 Å². The van der Waals surface area contributed by atoms with Crippen LogP contribution < -0.4 is 10.2 Å². The number of carbonyl (C=O) groups is 2. The molecule has 5 nitrogen and oxygen atoms in total. The maximum Gasteiger partial charge on any atom is 0.239 e. The summed E-state index contributed by atoms with van der Waals surface area (Å²) in [4.78, 5) is 25.9. The minimum atomic E-state index is -0.648. The van der Waals surface area contributed by atoms with Gasteiger partial charge in [-0.05, 0) is 32.4 Å². The van der Waals surface area contributed by atoms with Crippen LogP contribution in [0.15, 0.2) is 24.3 Å². The molecule has 108 valence electrons. The van der Waals surface area contributed by atoms with Crippen LogP contribution in [0.1, 0.15) is 18.9 Å². The van der Waals surface area contributed by atoms with Gasteiger partial charge < -0.3 is 15.3 Å². The highest BCUT2D eigenvalue weighted by Gasteiger charge is 2.37. The van der Waals surface area contributed by atoms with E-state index in [0.29, 0.717) is 13.0 Å². The molecule has 0 bridgehead atoms. The summed E-state index contributed by atoms with van der Waals surface area (Å²) in [5, 5.41) is 11.6. The first-order valence-corrected chi connectivity index (χ1v) is 6.82. The van der Waals surface area contributed by atoms with Gasteiger partial charge >= 0.3 is 0 Å². The number of aryl methyl sites for hydroxylation is 1. The van der Waals surface area contributed by atoms with Crippen LogP contribution in [0, 0.1) is 12.8 Å². The molecule has 20 heavy (non-hydrogen) atoms. The smallest absolute Gasteiger partial charge is 0.239 e. The van der Waals surface area contributed by atoms with Crippen molar-refractivity contribution in [1.82, 2.24) is 5.32 Å². The second-order valence-electron chi connectivity index (χ2n) is 5.26. The largest absolute Gasteiger partial charge is 0.394 e. The monoisotopic (exact) mass is 276 g/mol. The number of rotatable bonds is 4. The van der Waals surface area contributed by atoms with Crippen LogP contribution in [0.4, 0.5) is 5.69 Å². The predicted molar refractivity (Wildman–Crippen MR) is 76.3 cm³/mol. The van der Waals surface area contributed by atoms with Crippen molar-refractivity contribution in [3.05, 3.63) is 29.8 Å². The number of benzene rings is 1. The average Bonchev–Trinajstić information content (AvgIpc) is 2.81. The van der Waals surface area contributed by atoms with E-state index in [1.807, 2.05) is 31.2 Å². The molecule has 1 aliphatic heterocycles. The Labute approximate surface area is 118 Å². The van der Waals surface area contributed by atoms with Gasteiger partial charge in [-0.1, -0.05) is 17.7 Å². The van der Waals surface area contributed by atoms with Gasteiger partial charge in [-0.15, -0.1) is 0 Å². The summed E-state index contributed by atoms with van der Waals surface area (Å²) in [5.41, 5.74) is 1.96. The highest BCUT2D eigenvalue weighted by Crippen LogP contribution is 2.25. The fourth-order valence-electron chi connectivity index (χ4n) is 2.29. The average molecular weight is 276 g/mol. The van der Waals surface area contributed by atoms with E-state index in [9.17, 15) is 9.59 Å². The molecule has 0 aliphatic carbocycles. The van der Waals surface area contributed by atoms with Gasteiger partial charge in [0.15, 0.2) is 0 Å². The summed E-state index contributed by atoms with van der Waals surface area (Å²) in [7, 11) is 0. The first-order valence-electron chi connectivity index (χ1n) is 6.82. The second kappa shape index (κ2) is 6.05. The lowest BCUT2D eigenvalue weighted by molar-refractivity contribution is -0.132. The fraction of sp³-hybridized carbons (Fsp3) is 0.467. The van der Waals surface area contributed by atoms with Gasteiger partial charge in [-0.3, -0.25) is 9.59 Å². The lowest BCUT2D eigenvalue weighted by Gasteiger charge is -2.18. The molecule has 1 saturated heterocycles. The van der Waals surface area contributed by atoms with E-state index < -0.39 is 5.92 Å². The summed E-state index contributed by atoms with van der Waals surface area (Å²) >= 11 is 0. The minimum Gasteiger partial charge on any atom is -0.394 e. The molecule has 0 aromatic heterocycles. The van der Waals surface area contributed by atoms with E-state index >= 15 is 0 Å². The number of amides is 2. The lowest BCUT2D eigenvalue weighted by atomic mass is 10.1. The molecule has 1 aromatic carbocycles. The van der Waals surface area contributed by atoms with Crippen LogP contribution in [-0.2, 0) is 9.59 Å². The van der Waals surface area contributed by atoms with E-state index in [2.05, 4.69) is 5.32 Å². The first-order chi connectivity index (χ1) is 9.52. The Balaban J connectivity index is 2.05. The SMILES string of the molecule is Cc1ccc(N2CCC(C(=O)NC(C)CO)C2=O)cc1. The van der Waals surface area contributed by atoms with Gasteiger partial charge in [0.2, 0.25) is 11.8 Å². The van der Waals surface area contributed by atoms with Crippen molar-refractivity contribution in [3.63, 3.8) is 0 Å². The number of nitrogens with one attached hydrogen (secondary N) is 1. The van der Waals surface area contributed by atoms with Gasteiger partial charge in [0.25, 0.3) is 0 Å².